The predicted molar refractivity (Wildman–Crippen MR) is 95.1 cm³/mol. The molecule has 2 aliphatic rings. The lowest BCUT2D eigenvalue weighted by atomic mass is 9.81. The van der Waals surface area contributed by atoms with Gasteiger partial charge in [-0.05, 0) is 31.9 Å². The molecule has 0 bridgehead atoms. The molecule has 7 nitrogen and oxygen atoms in total. The normalized spacial score (nSPS) is 24.8. The van der Waals surface area contributed by atoms with E-state index in [0.717, 1.165) is 18.4 Å². The van der Waals surface area contributed by atoms with E-state index in [1.807, 2.05) is 11.8 Å². The fraction of sp³-hybridized carbons (Fsp3) is 0.529. The molecule has 25 heavy (non-hydrogen) atoms. The van der Waals surface area contributed by atoms with Gasteiger partial charge in [0.1, 0.15) is 12.4 Å². The summed E-state index contributed by atoms with van der Waals surface area (Å²) in [6.07, 6.45) is 1.72. The topological polar surface area (TPSA) is 88.1 Å². The Hall–Kier alpha value is -1.77. The second kappa shape index (κ2) is 8.07. The molecular formula is C17H24N2O5S. The lowest BCUT2D eigenvalue weighted by molar-refractivity contribution is -0.146. The number of hydrogen-bond acceptors (Lipinski definition) is 5. The van der Waals surface area contributed by atoms with Crippen LogP contribution in [0.25, 0.3) is 0 Å². The van der Waals surface area contributed by atoms with Crippen LogP contribution in [0, 0.1) is 5.92 Å². The SMILES string of the molecule is COC1CC(C(=O)N2Cc3ccc(C(=O)NO)cc3OC[C@@H]2C)C1.S. The predicted octanol–water partition coefficient (Wildman–Crippen LogP) is 1.45. The summed E-state index contributed by atoms with van der Waals surface area (Å²) < 4.78 is 11.0. The van der Waals surface area contributed by atoms with Gasteiger partial charge in [-0.1, -0.05) is 6.07 Å². The van der Waals surface area contributed by atoms with Crippen LogP contribution in [-0.4, -0.2) is 47.8 Å². The van der Waals surface area contributed by atoms with Crippen LogP contribution in [-0.2, 0) is 16.1 Å². The zero-order valence-corrected chi connectivity index (χ0v) is 15.3. The van der Waals surface area contributed by atoms with Crippen LogP contribution < -0.4 is 10.2 Å². The largest absolute Gasteiger partial charge is 0.491 e. The van der Waals surface area contributed by atoms with E-state index in [2.05, 4.69) is 0 Å². The first-order chi connectivity index (χ1) is 11.5. The smallest absolute Gasteiger partial charge is 0.274 e. The van der Waals surface area contributed by atoms with Gasteiger partial charge in [-0.2, -0.15) is 13.5 Å². The molecule has 1 aliphatic heterocycles. The summed E-state index contributed by atoms with van der Waals surface area (Å²) in [5, 5.41) is 8.74. The van der Waals surface area contributed by atoms with Gasteiger partial charge in [0.15, 0.2) is 0 Å². The molecule has 1 saturated carbocycles. The van der Waals surface area contributed by atoms with Crippen LogP contribution in [0.1, 0.15) is 35.7 Å². The standard InChI is InChI=1S/C17H22N2O5.H2S/c1-10-9-24-15-7-11(16(20)18-22)3-4-12(15)8-19(10)17(21)13-5-14(6-13)23-2;/h3-4,7,10,13-14,22H,5-6,8-9H2,1-2H3,(H,18,20);1H2/t10-,13?,14?;/m0./s1. The van der Waals surface area contributed by atoms with Crippen LogP contribution >= 0.6 is 13.5 Å². The average Bonchev–Trinajstić information content (AvgIpc) is 2.72. The van der Waals surface area contributed by atoms with E-state index in [4.69, 9.17) is 14.7 Å². The average molecular weight is 368 g/mol. The third-order valence-corrected chi connectivity index (χ3v) is 4.84. The first-order valence-corrected chi connectivity index (χ1v) is 8.07. The van der Waals surface area contributed by atoms with Crippen molar-refractivity contribution < 1.29 is 24.3 Å². The Kier molecular flexibility index (Phi) is 6.31. The second-order valence-electron chi connectivity index (χ2n) is 6.42. The highest BCUT2D eigenvalue weighted by Crippen LogP contribution is 2.34. The Morgan fingerprint density at radius 2 is 2.08 bits per heavy atom. The minimum Gasteiger partial charge on any atom is -0.491 e. The number of rotatable bonds is 3. The van der Waals surface area contributed by atoms with Crippen molar-refractivity contribution in [3.63, 3.8) is 0 Å². The number of amides is 2. The first kappa shape index (κ1) is 19.6. The van der Waals surface area contributed by atoms with E-state index in [9.17, 15) is 9.59 Å². The molecule has 1 aromatic carbocycles. The highest BCUT2D eigenvalue weighted by molar-refractivity contribution is 7.59. The minimum absolute atomic E-state index is 0. The van der Waals surface area contributed by atoms with Gasteiger partial charge < -0.3 is 14.4 Å². The fourth-order valence-corrected chi connectivity index (χ4v) is 3.15. The van der Waals surface area contributed by atoms with E-state index in [1.165, 1.54) is 0 Å². The molecule has 0 spiro atoms. The van der Waals surface area contributed by atoms with Crippen LogP contribution in [0.3, 0.4) is 0 Å². The van der Waals surface area contributed by atoms with Gasteiger partial charge in [-0.15, -0.1) is 0 Å². The van der Waals surface area contributed by atoms with E-state index in [0.29, 0.717) is 24.5 Å². The molecular weight excluding hydrogens is 344 g/mol. The van der Waals surface area contributed by atoms with Crippen molar-refractivity contribution in [1.82, 2.24) is 10.4 Å². The molecule has 1 heterocycles. The molecule has 2 N–H and O–H groups in total. The number of methoxy groups -OCH3 is 1. The van der Waals surface area contributed by atoms with Gasteiger partial charge in [-0.3, -0.25) is 14.8 Å². The van der Waals surface area contributed by atoms with Crippen molar-refractivity contribution in [2.45, 2.75) is 38.5 Å². The molecule has 1 atom stereocenters. The van der Waals surface area contributed by atoms with Gasteiger partial charge in [-0.25, -0.2) is 5.48 Å². The van der Waals surface area contributed by atoms with Crippen molar-refractivity contribution in [2.24, 2.45) is 5.92 Å². The van der Waals surface area contributed by atoms with Crippen LogP contribution in [0.4, 0.5) is 0 Å². The second-order valence-corrected chi connectivity index (χ2v) is 6.42. The van der Waals surface area contributed by atoms with Gasteiger partial charge in [0.05, 0.1) is 12.1 Å². The van der Waals surface area contributed by atoms with Crippen molar-refractivity contribution in [3.8, 4) is 5.75 Å². The lowest BCUT2D eigenvalue weighted by Gasteiger charge is -2.38. The number of carbonyl (C=O) groups is 2. The number of ether oxygens (including phenoxy) is 2. The van der Waals surface area contributed by atoms with Crippen LogP contribution in [0.2, 0.25) is 0 Å². The van der Waals surface area contributed by atoms with Gasteiger partial charge >= 0.3 is 0 Å². The number of nitrogens with one attached hydrogen (secondary N) is 1. The molecule has 1 aliphatic carbocycles. The summed E-state index contributed by atoms with van der Waals surface area (Å²) in [5.41, 5.74) is 2.77. The minimum atomic E-state index is -0.591. The number of nitrogens with zero attached hydrogens (tertiary/aromatic N) is 1. The number of fused-ring (bicyclic) bond motifs is 1. The summed E-state index contributed by atoms with van der Waals surface area (Å²) in [6.45, 7) is 2.77. The summed E-state index contributed by atoms with van der Waals surface area (Å²) in [5.74, 6) is 0.121. The van der Waals surface area contributed by atoms with Crippen LogP contribution in [0.15, 0.2) is 18.2 Å². The maximum absolute atomic E-state index is 12.8. The lowest BCUT2D eigenvalue weighted by Crippen LogP contribution is -2.48. The highest BCUT2D eigenvalue weighted by atomic mass is 32.1. The Morgan fingerprint density at radius 3 is 2.72 bits per heavy atom. The van der Waals surface area contributed by atoms with Crippen LogP contribution in [0.5, 0.6) is 5.75 Å². The van der Waals surface area contributed by atoms with Crippen molar-refractivity contribution in [2.75, 3.05) is 13.7 Å². The molecule has 2 amide bonds. The van der Waals surface area contributed by atoms with E-state index < -0.39 is 5.91 Å². The molecule has 0 aromatic heterocycles. The number of benzene rings is 1. The number of hydroxylamine groups is 1. The van der Waals surface area contributed by atoms with Crippen molar-refractivity contribution in [3.05, 3.63) is 29.3 Å². The zero-order chi connectivity index (χ0) is 17.3. The fourth-order valence-electron chi connectivity index (χ4n) is 3.15. The van der Waals surface area contributed by atoms with Crippen molar-refractivity contribution in [1.29, 1.82) is 0 Å². The number of carbonyl (C=O) groups excluding carboxylic acids is 2. The highest BCUT2D eigenvalue weighted by Gasteiger charge is 2.39. The molecule has 0 saturated heterocycles. The zero-order valence-electron chi connectivity index (χ0n) is 14.3. The quantitative estimate of drug-likeness (QED) is 0.623. The monoisotopic (exact) mass is 368 g/mol. The summed E-state index contributed by atoms with van der Waals surface area (Å²) in [7, 11) is 1.67. The Bertz CT molecular complexity index is 648. The summed E-state index contributed by atoms with van der Waals surface area (Å²) >= 11 is 0. The molecule has 8 heteroatoms. The summed E-state index contributed by atoms with van der Waals surface area (Å²) in [4.78, 5) is 26.1. The van der Waals surface area contributed by atoms with E-state index in [1.54, 1.807) is 30.8 Å². The molecule has 3 rings (SSSR count). The summed E-state index contributed by atoms with van der Waals surface area (Å²) in [6, 6.07) is 4.90. The maximum atomic E-state index is 12.8. The van der Waals surface area contributed by atoms with Gasteiger partial charge in [0.25, 0.3) is 5.91 Å². The number of hydrogen-bond donors (Lipinski definition) is 2. The van der Waals surface area contributed by atoms with E-state index in [-0.39, 0.29) is 37.5 Å². The first-order valence-electron chi connectivity index (χ1n) is 8.07. The van der Waals surface area contributed by atoms with Crippen molar-refractivity contribution >= 4 is 25.3 Å². The third-order valence-electron chi connectivity index (χ3n) is 4.84. The Balaban J connectivity index is 0.00000225. The molecule has 0 unspecified atom stereocenters. The molecule has 1 aromatic rings. The Morgan fingerprint density at radius 1 is 1.36 bits per heavy atom. The molecule has 138 valence electrons. The molecule has 0 radical (unpaired) electrons. The van der Waals surface area contributed by atoms with E-state index >= 15 is 0 Å². The maximum Gasteiger partial charge on any atom is 0.274 e. The van der Waals surface area contributed by atoms with Gasteiger partial charge in [0.2, 0.25) is 5.91 Å². The molecule has 1 fully saturated rings. The Labute approximate surface area is 153 Å². The third kappa shape index (κ3) is 3.91. The van der Waals surface area contributed by atoms with Gasteiger partial charge in [0, 0.05) is 30.7 Å².